The molecule has 3 rings (SSSR count). The number of nitrogens with one attached hydrogen (secondary N) is 1. The molecule has 29 heavy (non-hydrogen) atoms. The topological polar surface area (TPSA) is 101 Å². The van der Waals surface area contributed by atoms with E-state index in [4.69, 9.17) is 9.47 Å². The van der Waals surface area contributed by atoms with E-state index in [9.17, 15) is 14.7 Å². The van der Waals surface area contributed by atoms with Crippen LogP contribution in [0.5, 0.6) is 0 Å². The number of alkyl carbamates (subject to hydrolysis) is 1. The molecule has 2 heterocycles. The Labute approximate surface area is 169 Å². The second-order valence-electron chi connectivity index (χ2n) is 6.98. The van der Waals surface area contributed by atoms with Crippen LogP contribution in [0.25, 0.3) is 0 Å². The average Bonchev–Trinajstić information content (AvgIpc) is 2.72. The quantitative estimate of drug-likeness (QED) is 0.770. The molecule has 1 amide bonds. The van der Waals surface area contributed by atoms with Crippen LogP contribution in [0, 0.1) is 6.92 Å². The molecule has 1 aromatic carbocycles. The number of carboxylic acids is 1. The molecule has 0 spiro atoms. The molecule has 0 radical (unpaired) electrons. The number of hydrogen-bond donors (Lipinski definition) is 2. The average molecular weight is 399 g/mol. The maximum Gasteiger partial charge on any atom is 0.407 e. The summed E-state index contributed by atoms with van der Waals surface area (Å²) in [6.45, 7) is 3.13. The van der Waals surface area contributed by atoms with E-state index in [-0.39, 0.29) is 24.4 Å². The maximum atomic E-state index is 12.2. The molecule has 0 unspecified atom stereocenters. The summed E-state index contributed by atoms with van der Waals surface area (Å²) in [5, 5.41) is 12.1. The van der Waals surface area contributed by atoms with Crippen LogP contribution in [0.4, 0.5) is 10.5 Å². The number of carbonyl (C=O) groups excluding carboxylic acids is 1. The largest absolute Gasteiger partial charge is 0.477 e. The van der Waals surface area contributed by atoms with Gasteiger partial charge in [-0.1, -0.05) is 30.3 Å². The van der Waals surface area contributed by atoms with Gasteiger partial charge in [-0.15, -0.1) is 0 Å². The number of amides is 1. The summed E-state index contributed by atoms with van der Waals surface area (Å²) in [5.41, 5.74) is 2.35. The van der Waals surface area contributed by atoms with Gasteiger partial charge in [0.25, 0.3) is 0 Å². The van der Waals surface area contributed by atoms with Crippen LogP contribution in [0.1, 0.15) is 28.2 Å². The molecule has 0 saturated carbocycles. The number of aromatic nitrogens is 1. The molecule has 2 atom stereocenters. The minimum absolute atomic E-state index is 0.0127. The molecule has 1 aromatic heterocycles. The zero-order valence-electron chi connectivity index (χ0n) is 16.5. The molecule has 1 saturated heterocycles. The molecule has 2 N–H and O–H groups in total. The first kappa shape index (κ1) is 20.6. The first-order valence-corrected chi connectivity index (χ1v) is 9.43. The third-order valence-corrected chi connectivity index (χ3v) is 4.90. The van der Waals surface area contributed by atoms with Gasteiger partial charge in [0, 0.05) is 31.6 Å². The molecule has 1 aliphatic rings. The Hall–Kier alpha value is -3.13. The van der Waals surface area contributed by atoms with Crippen molar-refractivity contribution in [2.24, 2.45) is 0 Å². The van der Waals surface area contributed by atoms with Gasteiger partial charge in [0.05, 0.1) is 12.1 Å². The van der Waals surface area contributed by atoms with E-state index in [1.807, 2.05) is 41.3 Å². The van der Waals surface area contributed by atoms with Crippen LogP contribution >= 0.6 is 0 Å². The van der Waals surface area contributed by atoms with Crippen molar-refractivity contribution in [1.29, 1.82) is 0 Å². The summed E-state index contributed by atoms with van der Waals surface area (Å²) in [5.74, 6) is -1.06. The van der Waals surface area contributed by atoms with Crippen molar-refractivity contribution in [3.8, 4) is 0 Å². The first-order chi connectivity index (χ1) is 14.0. The molecule has 0 bridgehead atoms. The van der Waals surface area contributed by atoms with Crippen LogP contribution in [-0.2, 0) is 16.1 Å². The fourth-order valence-corrected chi connectivity index (χ4v) is 3.41. The zero-order chi connectivity index (χ0) is 20.8. The number of piperidine rings is 1. The predicted molar refractivity (Wildman–Crippen MR) is 107 cm³/mol. The van der Waals surface area contributed by atoms with E-state index < -0.39 is 12.1 Å². The number of aromatic carboxylic acids is 1. The number of carbonyl (C=O) groups is 2. The van der Waals surface area contributed by atoms with E-state index in [1.165, 1.54) is 0 Å². The molecule has 1 fully saturated rings. The number of rotatable bonds is 6. The molecule has 0 aliphatic carbocycles. The number of carboxylic acid groups (broad SMARTS) is 1. The predicted octanol–water partition coefficient (Wildman–Crippen LogP) is 2.61. The van der Waals surface area contributed by atoms with Gasteiger partial charge in [0.2, 0.25) is 0 Å². The lowest BCUT2D eigenvalue weighted by Gasteiger charge is -2.39. The molecule has 8 heteroatoms. The summed E-state index contributed by atoms with van der Waals surface area (Å²) in [6.07, 6.45) is -0.0973. The van der Waals surface area contributed by atoms with Crippen molar-refractivity contribution in [2.45, 2.75) is 32.1 Å². The Bertz CT molecular complexity index is 859. The Morgan fingerprint density at radius 1 is 1.28 bits per heavy atom. The maximum absolute atomic E-state index is 12.2. The number of hydrogen-bond acceptors (Lipinski definition) is 6. The van der Waals surface area contributed by atoms with Crippen molar-refractivity contribution in [1.82, 2.24) is 10.3 Å². The molecule has 1 aliphatic heterocycles. The normalized spacial score (nSPS) is 18.9. The minimum atomic E-state index is -1.06. The minimum Gasteiger partial charge on any atom is -0.477 e. The van der Waals surface area contributed by atoms with E-state index in [0.717, 1.165) is 11.3 Å². The smallest absolute Gasteiger partial charge is 0.407 e. The molecule has 8 nitrogen and oxygen atoms in total. The van der Waals surface area contributed by atoms with Gasteiger partial charge >= 0.3 is 12.1 Å². The lowest BCUT2D eigenvalue weighted by atomic mass is 10.0. The fourth-order valence-electron chi connectivity index (χ4n) is 3.41. The monoisotopic (exact) mass is 399 g/mol. The Balaban J connectivity index is 1.59. The lowest BCUT2D eigenvalue weighted by molar-refractivity contribution is 0.0546. The summed E-state index contributed by atoms with van der Waals surface area (Å²) < 4.78 is 10.9. The van der Waals surface area contributed by atoms with Gasteiger partial charge in [-0.25, -0.2) is 14.6 Å². The highest BCUT2D eigenvalue weighted by Gasteiger charge is 2.31. The summed E-state index contributed by atoms with van der Waals surface area (Å²) in [7, 11) is 1.60. The number of pyridine rings is 1. The third-order valence-electron chi connectivity index (χ3n) is 4.90. The Morgan fingerprint density at radius 2 is 2.03 bits per heavy atom. The van der Waals surface area contributed by atoms with Crippen molar-refractivity contribution < 1.29 is 24.2 Å². The number of benzene rings is 1. The lowest BCUT2D eigenvalue weighted by Crippen LogP contribution is -2.55. The first-order valence-electron chi connectivity index (χ1n) is 9.43. The van der Waals surface area contributed by atoms with E-state index >= 15 is 0 Å². The number of nitrogens with zero attached hydrogens (tertiary/aromatic N) is 2. The Morgan fingerprint density at radius 3 is 2.72 bits per heavy atom. The number of aryl methyl sites for hydroxylation is 1. The van der Waals surface area contributed by atoms with Crippen LogP contribution in [0.2, 0.25) is 0 Å². The van der Waals surface area contributed by atoms with Gasteiger partial charge in [-0.3, -0.25) is 0 Å². The second-order valence-corrected chi connectivity index (χ2v) is 6.98. The summed E-state index contributed by atoms with van der Waals surface area (Å²) in [4.78, 5) is 29.5. The highest BCUT2D eigenvalue weighted by molar-refractivity contribution is 5.86. The molecule has 154 valence electrons. The van der Waals surface area contributed by atoms with Gasteiger partial charge in [0.1, 0.15) is 6.61 Å². The second kappa shape index (κ2) is 9.38. The van der Waals surface area contributed by atoms with Crippen molar-refractivity contribution in [2.75, 3.05) is 25.1 Å². The van der Waals surface area contributed by atoms with Crippen molar-refractivity contribution in [3.05, 3.63) is 59.4 Å². The standard InChI is InChI=1S/C21H25N3O5/c1-14-10-16(11-18(22-14)20(25)26)24-9-8-17(19(12-24)28-2)23-21(27)29-13-15-6-4-3-5-7-15/h3-7,10-11,17,19H,8-9,12-13H2,1-2H3,(H,23,27)(H,25,26)/t17-,19+/m0/s1. The van der Waals surface area contributed by atoms with Gasteiger partial charge in [-0.2, -0.15) is 0 Å². The molecule has 2 aromatic rings. The number of ether oxygens (including phenoxy) is 2. The Kier molecular flexibility index (Phi) is 6.66. The highest BCUT2D eigenvalue weighted by Crippen LogP contribution is 2.23. The highest BCUT2D eigenvalue weighted by atomic mass is 16.5. The van der Waals surface area contributed by atoms with Crippen molar-refractivity contribution in [3.63, 3.8) is 0 Å². The van der Waals surface area contributed by atoms with Gasteiger partial charge < -0.3 is 24.8 Å². The fraction of sp³-hybridized carbons (Fsp3) is 0.381. The van der Waals surface area contributed by atoms with Crippen LogP contribution in [-0.4, -0.2) is 54.5 Å². The van der Waals surface area contributed by atoms with Gasteiger partial charge in [-0.05, 0) is 31.0 Å². The number of methoxy groups -OCH3 is 1. The van der Waals surface area contributed by atoms with Crippen LogP contribution < -0.4 is 10.2 Å². The number of anilines is 1. The van der Waals surface area contributed by atoms with Crippen LogP contribution in [0.15, 0.2) is 42.5 Å². The molecular formula is C21H25N3O5. The summed E-state index contributed by atoms with van der Waals surface area (Å²) in [6, 6.07) is 12.7. The third kappa shape index (κ3) is 5.45. The van der Waals surface area contributed by atoms with Crippen molar-refractivity contribution >= 4 is 17.7 Å². The SMILES string of the molecule is CO[C@@H]1CN(c2cc(C)nc(C(=O)O)c2)CC[C@@H]1NC(=O)OCc1ccccc1. The molecular weight excluding hydrogens is 374 g/mol. The zero-order valence-corrected chi connectivity index (χ0v) is 16.5. The summed E-state index contributed by atoms with van der Waals surface area (Å²) >= 11 is 0. The van der Waals surface area contributed by atoms with E-state index in [0.29, 0.717) is 25.2 Å². The van der Waals surface area contributed by atoms with E-state index in [1.54, 1.807) is 20.1 Å². The van der Waals surface area contributed by atoms with E-state index in [2.05, 4.69) is 10.3 Å². The van der Waals surface area contributed by atoms with Crippen LogP contribution in [0.3, 0.4) is 0 Å². The van der Waals surface area contributed by atoms with Gasteiger partial charge in [0.15, 0.2) is 5.69 Å².